The average Bonchev–Trinajstić information content (AvgIpc) is 3.29. The Labute approximate surface area is 139 Å². The lowest BCUT2D eigenvalue weighted by Gasteiger charge is -2.04. The van der Waals surface area contributed by atoms with Gasteiger partial charge < -0.3 is 9.84 Å². The maximum absolute atomic E-state index is 11.8. The molecule has 1 amide bonds. The summed E-state index contributed by atoms with van der Waals surface area (Å²) in [5.74, 6) is 1.00. The van der Waals surface area contributed by atoms with Crippen molar-refractivity contribution in [2.24, 2.45) is 0 Å². The first-order valence-electron chi connectivity index (χ1n) is 7.93. The second-order valence-corrected chi connectivity index (χ2v) is 5.35. The summed E-state index contributed by atoms with van der Waals surface area (Å²) >= 11 is 0. The lowest BCUT2D eigenvalue weighted by atomic mass is 10.2. The van der Waals surface area contributed by atoms with Crippen LogP contribution >= 0.6 is 0 Å². The van der Waals surface area contributed by atoms with E-state index in [1.165, 1.54) is 0 Å². The Morgan fingerprint density at radius 3 is 2.88 bits per heavy atom. The van der Waals surface area contributed by atoms with Crippen molar-refractivity contribution in [3.63, 3.8) is 0 Å². The van der Waals surface area contributed by atoms with Gasteiger partial charge in [-0.1, -0.05) is 35.5 Å². The summed E-state index contributed by atoms with van der Waals surface area (Å²) in [4.78, 5) is 16.1. The number of rotatable bonds is 8. The van der Waals surface area contributed by atoms with E-state index in [4.69, 9.17) is 4.52 Å². The number of carbonyl (C=O) groups is 1. The van der Waals surface area contributed by atoms with Crippen LogP contribution < -0.4 is 5.32 Å². The van der Waals surface area contributed by atoms with Crippen LogP contribution in [-0.4, -0.2) is 32.4 Å². The molecule has 3 rings (SSSR count). The third-order valence-corrected chi connectivity index (χ3v) is 3.51. The number of hydrogen-bond donors (Lipinski definition) is 1. The van der Waals surface area contributed by atoms with E-state index < -0.39 is 0 Å². The van der Waals surface area contributed by atoms with E-state index in [1.807, 2.05) is 47.3 Å². The molecule has 2 heterocycles. The number of benzene rings is 1. The second-order valence-electron chi connectivity index (χ2n) is 5.35. The highest BCUT2D eigenvalue weighted by Crippen LogP contribution is 2.15. The first-order valence-corrected chi connectivity index (χ1v) is 7.93. The fraction of sp³-hybridized carbons (Fsp3) is 0.294. The van der Waals surface area contributed by atoms with Gasteiger partial charge in [0.25, 0.3) is 0 Å². The lowest BCUT2D eigenvalue weighted by molar-refractivity contribution is -0.121. The minimum Gasteiger partial charge on any atom is -0.356 e. The molecule has 1 N–H and O–H groups in total. The van der Waals surface area contributed by atoms with Crippen LogP contribution in [0.3, 0.4) is 0 Å². The Hall–Kier alpha value is -2.96. The monoisotopic (exact) mass is 325 g/mol. The van der Waals surface area contributed by atoms with Gasteiger partial charge in [0.15, 0.2) is 0 Å². The molecule has 2 aromatic heterocycles. The van der Waals surface area contributed by atoms with E-state index in [0.717, 1.165) is 18.5 Å². The highest BCUT2D eigenvalue weighted by atomic mass is 16.5. The third-order valence-electron chi connectivity index (χ3n) is 3.51. The van der Waals surface area contributed by atoms with Crippen LogP contribution in [-0.2, 0) is 17.8 Å². The number of aromatic nitrogens is 4. The Balaban J connectivity index is 1.38. The highest BCUT2D eigenvalue weighted by molar-refractivity contribution is 5.75. The number of carbonyl (C=O) groups excluding carboxylic acids is 1. The molecule has 0 saturated carbocycles. The zero-order valence-electron chi connectivity index (χ0n) is 13.3. The van der Waals surface area contributed by atoms with E-state index in [1.54, 1.807) is 6.20 Å². The number of hydrogen-bond acceptors (Lipinski definition) is 5. The van der Waals surface area contributed by atoms with Gasteiger partial charge in [-0.05, 0) is 12.5 Å². The zero-order chi connectivity index (χ0) is 16.6. The molecule has 0 aliphatic rings. The van der Waals surface area contributed by atoms with Crippen molar-refractivity contribution in [3.8, 4) is 11.4 Å². The van der Waals surface area contributed by atoms with Crippen molar-refractivity contribution >= 4 is 5.91 Å². The molecule has 0 bridgehead atoms. The average molecular weight is 325 g/mol. The molecule has 0 spiro atoms. The Bertz CT molecular complexity index is 752. The van der Waals surface area contributed by atoms with Crippen molar-refractivity contribution in [1.82, 2.24) is 25.2 Å². The number of nitrogens with zero attached hydrogens (tertiary/aromatic N) is 4. The fourth-order valence-electron chi connectivity index (χ4n) is 2.27. The number of aryl methyl sites for hydroxylation is 2. The number of amides is 1. The molecule has 0 unspecified atom stereocenters. The van der Waals surface area contributed by atoms with Crippen LogP contribution in [0.5, 0.6) is 0 Å². The summed E-state index contributed by atoms with van der Waals surface area (Å²) in [5.41, 5.74) is 0.899. The van der Waals surface area contributed by atoms with Crippen molar-refractivity contribution in [2.45, 2.75) is 25.8 Å². The van der Waals surface area contributed by atoms with E-state index in [-0.39, 0.29) is 5.91 Å². The second kappa shape index (κ2) is 8.05. The molecule has 24 heavy (non-hydrogen) atoms. The van der Waals surface area contributed by atoms with Gasteiger partial charge in [0.2, 0.25) is 17.6 Å². The van der Waals surface area contributed by atoms with Gasteiger partial charge in [0, 0.05) is 43.9 Å². The van der Waals surface area contributed by atoms with Gasteiger partial charge in [-0.25, -0.2) is 0 Å². The largest absolute Gasteiger partial charge is 0.356 e. The van der Waals surface area contributed by atoms with Crippen LogP contribution in [0.4, 0.5) is 0 Å². The fourth-order valence-corrected chi connectivity index (χ4v) is 2.27. The smallest absolute Gasteiger partial charge is 0.227 e. The summed E-state index contributed by atoms with van der Waals surface area (Å²) in [6.45, 7) is 1.41. The lowest BCUT2D eigenvalue weighted by Crippen LogP contribution is -2.25. The molecule has 0 aliphatic heterocycles. The standard InChI is InChI=1S/C17H19N5O2/c23-15(18-10-4-12-22-13-5-11-19-22)8-9-16-20-17(21-24-16)14-6-2-1-3-7-14/h1-3,5-7,11,13H,4,8-10,12H2,(H,18,23). The molecule has 0 fully saturated rings. The first kappa shape index (κ1) is 15.9. The van der Waals surface area contributed by atoms with E-state index in [0.29, 0.717) is 31.1 Å². The summed E-state index contributed by atoms with van der Waals surface area (Å²) < 4.78 is 7.03. The van der Waals surface area contributed by atoms with Gasteiger partial charge in [-0.2, -0.15) is 10.1 Å². The van der Waals surface area contributed by atoms with Gasteiger partial charge in [-0.3, -0.25) is 9.48 Å². The van der Waals surface area contributed by atoms with Crippen LogP contribution in [0.15, 0.2) is 53.3 Å². The molecule has 3 aromatic rings. The van der Waals surface area contributed by atoms with Gasteiger partial charge in [0.05, 0.1) is 0 Å². The topological polar surface area (TPSA) is 85.8 Å². The van der Waals surface area contributed by atoms with Gasteiger partial charge >= 0.3 is 0 Å². The van der Waals surface area contributed by atoms with E-state index in [2.05, 4.69) is 20.6 Å². The molecule has 0 saturated heterocycles. The van der Waals surface area contributed by atoms with E-state index in [9.17, 15) is 4.79 Å². The van der Waals surface area contributed by atoms with E-state index >= 15 is 0 Å². The Morgan fingerprint density at radius 2 is 2.08 bits per heavy atom. The first-order chi connectivity index (χ1) is 11.8. The molecule has 7 nitrogen and oxygen atoms in total. The van der Waals surface area contributed by atoms with Crippen LogP contribution in [0.2, 0.25) is 0 Å². The maximum Gasteiger partial charge on any atom is 0.227 e. The quantitative estimate of drug-likeness (QED) is 0.641. The predicted octanol–water partition coefficient (Wildman–Crippen LogP) is 2.07. The molecular formula is C17H19N5O2. The molecule has 0 aliphatic carbocycles. The van der Waals surface area contributed by atoms with Gasteiger partial charge in [0.1, 0.15) is 0 Å². The SMILES string of the molecule is O=C(CCc1nc(-c2ccccc2)no1)NCCCn1cccn1. The molecular weight excluding hydrogens is 306 g/mol. The molecule has 7 heteroatoms. The van der Waals surface area contributed by atoms with Crippen LogP contribution in [0, 0.1) is 0 Å². The third kappa shape index (κ3) is 4.52. The van der Waals surface area contributed by atoms with Crippen LogP contribution in [0.25, 0.3) is 11.4 Å². The summed E-state index contributed by atoms with van der Waals surface area (Å²) in [7, 11) is 0. The summed E-state index contributed by atoms with van der Waals surface area (Å²) in [5, 5.41) is 10.9. The van der Waals surface area contributed by atoms with Gasteiger partial charge in [-0.15, -0.1) is 0 Å². The minimum absolute atomic E-state index is 0.0186. The van der Waals surface area contributed by atoms with Crippen molar-refractivity contribution in [1.29, 1.82) is 0 Å². The van der Waals surface area contributed by atoms with Crippen molar-refractivity contribution in [2.75, 3.05) is 6.54 Å². The number of nitrogens with one attached hydrogen (secondary N) is 1. The molecule has 0 atom stereocenters. The molecule has 124 valence electrons. The minimum atomic E-state index is -0.0186. The highest BCUT2D eigenvalue weighted by Gasteiger charge is 2.10. The van der Waals surface area contributed by atoms with Crippen molar-refractivity contribution in [3.05, 3.63) is 54.7 Å². The summed E-state index contributed by atoms with van der Waals surface area (Å²) in [6.07, 6.45) is 5.25. The molecule has 1 aromatic carbocycles. The Morgan fingerprint density at radius 1 is 1.21 bits per heavy atom. The normalized spacial score (nSPS) is 10.7. The Kier molecular flexibility index (Phi) is 5.34. The van der Waals surface area contributed by atoms with Crippen LogP contribution in [0.1, 0.15) is 18.7 Å². The maximum atomic E-state index is 11.8. The molecule has 0 radical (unpaired) electrons. The van der Waals surface area contributed by atoms with Crippen molar-refractivity contribution < 1.29 is 9.32 Å². The summed E-state index contributed by atoms with van der Waals surface area (Å²) in [6, 6.07) is 11.5. The predicted molar refractivity (Wildman–Crippen MR) is 87.9 cm³/mol. The zero-order valence-corrected chi connectivity index (χ0v) is 13.3.